The predicted molar refractivity (Wildman–Crippen MR) is 117 cm³/mol. The van der Waals surface area contributed by atoms with Crippen LogP contribution in [-0.2, 0) is 4.79 Å². The second-order valence-electron chi connectivity index (χ2n) is 6.84. The second-order valence-corrected chi connectivity index (χ2v) is 6.84. The lowest BCUT2D eigenvalue weighted by Crippen LogP contribution is -2.30. The van der Waals surface area contributed by atoms with E-state index in [1.807, 2.05) is 31.2 Å². The zero-order valence-electron chi connectivity index (χ0n) is 17.3. The fourth-order valence-corrected chi connectivity index (χ4v) is 3.34. The lowest BCUT2D eigenvalue weighted by Gasteiger charge is -2.19. The van der Waals surface area contributed by atoms with E-state index in [2.05, 4.69) is 5.32 Å². The van der Waals surface area contributed by atoms with Gasteiger partial charge in [0.05, 0.1) is 18.4 Å². The number of nitrogens with zero attached hydrogens (tertiary/aromatic N) is 1. The highest BCUT2D eigenvalue weighted by Crippen LogP contribution is 2.39. The van der Waals surface area contributed by atoms with E-state index in [0.717, 1.165) is 0 Å². The number of rotatable bonds is 6. The average Bonchev–Trinajstić information content (AvgIpc) is 2.91. The van der Waals surface area contributed by atoms with Gasteiger partial charge in [0.25, 0.3) is 11.8 Å². The summed E-state index contributed by atoms with van der Waals surface area (Å²) in [6.07, 6.45) is 0. The Kier molecular flexibility index (Phi) is 5.75. The summed E-state index contributed by atoms with van der Waals surface area (Å²) in [5.41, 5.74) is 1.58. The minimum absolute atomic E-state index is 0.166. The quantitative estimate of drug-likeness (QED) is 0.639. The molecular weight excluding hydrogens is 396 g/mol. The molecule has 1 heterocycles. The zero-order chi connectivity index (χ0) is 21.8. The van der Waals surface area contributed by atoms with Crippen molar-refractivity contribution in [2.45, 2.75) is 6.92 Å². The summed E-state index contributed by atoms with van der Waals surface area (Å²) in [5, 5.41) is 2.76. The molecule has 0 saturated carbocycles. The van der Waals surface area contributed by atoms with Crippen molar-refractivity contribution in [1.82, 2.24) is 0 Å². The number of fused-ring (bicyclic) bond motifs is 2. The van der Waals surface area contributed by atoms with Crippen LogP contribution in [0.4, 0.5) is 11.4 Å². The number of carbonyl (C=O) groups is 2. The normalized spacial score (nSPS) is 12.2. The smallest absolute Gasteiger partial charge is 0.262 e. The maximum absolute atomic E-state index is 13.1. The summed E-state index contributed by atoms with van der Waals surface area (Å²) in [5.74, 6) is 1.79. The van der Waals surface area contributed by atoms with E-state index in [1.54, 1.807) is 54.5 Å². The number of carbonyl (C=O) groups excluding carboxylic acids is 2. The van der Waals surface area contributed by atoms with E-state index in [4.69, 9.17) is 14.2 Å². The van der Waals surface area contributed by atoms with Gasteiger partial charge in [0.1, 0.15) is 17.2 Å². The maximum atomic E-state index is 13.1. The zero-order valence-corrected chi connectivity index (χ0v) is 17.3. The highest BCUT2D eigenvalue weighted by atomic mass is 16.5. The van der Waals surface area contributed by atoms with Gasteiger partial charge in [-0.1, -0.05) is 12.1 Å². The van der Waals surface area contributed by atoms with Crippen LogP contribution in [0.15, 0.2) is 66.7 Å². The summed E-state index contributed by atoms with van der Waals surface area (Å²) in [6, 6.07) is 19.4. The van der Waals surface area contributed by atoms with Gasteiger partial charge in [0, 0.05) is 12.2 Å². The third-order valence-corrected chi connectivity index (χ3v) is 4.86. The van der Waals surface area contributed by atoms with Crippen molar-refractivity contribution < 1.29 is 23.8 Å². The Balaban J connectivity index is 1.48. The first-order valence-electron chi connectivity index (χ1n) is 9.88. The van der Waals surface area contributed by atoms with Crippen LogP contribution < -0.4 is 24.4 Å². The minimum Gasteiger partial charge on any atom is -0.497 e. The molecule has 158 valence electrons. The molecule has 7 heteroatoms. The number of methoxy groups -OCH3 is 1. The van der Waals surface area contributed by atoms with Gasteiger partial charge in [0.2, 0.25) is 0 Å². The molecule has 3 aromatic carbocycles. The second kappa shape index (κ2) is 8.79. The van der Waals surface area contributed by atoms with E-state index < -0.39 is 0 Å². The Morgan fingerprint density at radius 3 is 2.48 bits per heavy atom. The van der Waals surface area contributed by atoms with E-state index in [0.29, 0.717) is 46.5 Å². The van der Waals surface area contributed by atoms with Crippen LogP contribution in [-0.4, -0.2) is 32.1 Å². The SMILES string of the molecule is CCN1C(=O)c2cc(NC(=O)COc3ccc(OC)cc3)ccc2Oc2ccccc21. The van der Waals surface area contributed by atoms with Crippen LogP contribution in [0.3, 0.4) is 0 Å². The number of hydrogen-bond donors (Lipinski definition) is 1. The van der Waals surface area contributed by atoms with E-state index in [1.165, 1.54) is 0 Å². The summed E-state index contributed by atoms with van der Waals surface area (Å²) in [4.78, 5) is 27.1. The van der Waals surface area contributed by atoms with Gasteiger partial charge in [-0.25, -0.2) is 0 Å². The molecule has 31 heavy (non-hydrogen) atoms. The molecule has 1 N–H and O–H groups in total. The molecule has 4 rings (SSSR count). The molecule has 7 nitrogen and oxygen atoms in total. The van der Waals surface area contributed by atoms with Crippen molar-refractivity contribution in [2.24, 2.45) is 0 Å². The number of anilines is 2. The van der Waals surface area contributed by atoms with Gasteiger partial charge in [0.15, 0.2) is 12.4 Å². The van der Waals surface area contributed by atoms with Crippen LogP contribution in [0.25, 0.3) is 0 Å². The van der Waals surface area contributed by atoms with Crippen LogP contribution in [0.2, 0.25) is 0 Å². The van der Waals surface area contributed by atoms with Crippen LogP contribution in [0, 0.1) is 0 Å². The highest BCUT2D eigenvalue weighted by Gasteiger charge is 2.27. The topological polar surface area (TPSA) is 77.1 Å². The summed E-state index contributed by atoms with van der Waals surface area (Å²) in [6.45, 7) is 2.23. The fraction of sp³-hybridized carbons (Fsp3) is 0.167. The van der Waals surface area contributed by atoms with Crippen LogP contribution in [0.1, 0.15) is 17.3 Å². The molecule has 0 fully saturated rings. The Hall–Kier alpha value is -4.00. The first-order valence-corrected chi connectivity index (χ1v) is 9.88. The summed E-state index contributed by atoms with van der Waals surface area (Å²) < 4.78 is 16.6. The van der Waals surface area contributed by atoms with E-state index in [-0.39, 0.29) is 18.4 Å². The van der Waals surface area contributed by atoms with Gasteiger partial charge in [-0.2, -0.15) is 0 Å². The summed E-state index contributed by atoms with van der Waals surface area (Å²) >= 11 is 0. The molecule has 0 spiro atoms. The van der Waals surface area contributed by atoms with E-state index >= 15 is 0 Å². The predicted octanol–water partition coefficient (Wildman–Crippen LogP) is 4.49. The van der Waals surface area contributed by atoms with Crippen molar-refractivity contribution in [1.29, 1.82) is 0 Å². The van der Waals surface area contributed by atoms with Crippen molar-refractivity contribution in [2.75, 3.05) is 30.5 Å². The standard InChI is InChI=1S/C24H22N2O5/c1-3-26-20-6-4-5-7-22(20)31-21-13-8-16(14-19(21)24(26)28)25-23(27)15-30-18-11-9-17(29-2)10-12-18/h4-14H,3,15H2,1-2H3,(H,25,27). The molecule has 1 aliphatic heterocycles. The third-order valence-electron chi connectivity index (χ3n) is 4.86. The number of para-hydroxylation sites is 2. The molecule has 0 atom stereocenters. The number of nitrogens with one attached hydrogen (secondary N) is 1. The number of hydrogen-bond acceptors (Lipinski definition) is 5. The molecular formula is C24H22N2O5. The molecule has 0 radical (unpaired) electrons. The first-order chi connectivity index (χ1) is 15.1. The average molecular weight is 418 g/mol. The number of ether oxygens (including phenoxy) is 3. The van der Waals surface area contributed by atoms with Gasteiger partial charge < -0.3 is 24.4 Å². The van der Waals surface area contributed by atoms with Gasteiger partial charge in [-0.15, -0.1) is 0 Å². The van der Waals surface area contributed by atoms with Gasteiger partial charge in [-0.3, -0.25) is 9.59 Å². The van der Waals surface area contributed by atoms with Crippen molar-refractivity contribution >= 4 is 23.2 Å². The molecule has 0 unspecified atom stereocenters. The third kappa shape index (κ3) is 4.30. The molecule has 0 aliphatic carbocycles. The molecule has 2 amide bonds. The molecule has 0 bridgehead atoms. The Labute approximate surface area is 180 Å². The van der Waals surface area contributed by atoms with Gasteiger partial charge >= 0.3 is 0 Å². The van der Waals surface area contributed by atoms with Crippen LogP contribution in [0.5, 0.6) is 23.0 Å². The summed E-state index contributed by atoms with van der Waals surface area (Å²) in [7, 11) is 1.58. The Bertz CT molecular complexity index is 1110. The number of amides is 2. The lowest BCUT2D eigenvalue weighted by molar-refractivity contribution is -0.118. The molecule has 0 saturated heterocycles. The maximum Gasteiger partial charge on any atom is 0.262 e. The molecule has 3 aromatic rings. The monoisotopic (exact) mass is 418 g/mol. The van der Waals surface area contributed by atoms with Crippen molar-refractivity contribution in [3.05, 3.63) is 72.3 Å². The van der Waals surface area contributed by atoms with E-state index in [9.17, 15) is 9.59 Å². The number of benzene rings is 3. The first kappa shape index (κ1) is 20.3. The molecule has 1 aliphatic rings. The minimum atomic E-state index is -0.339. The molecule has 0 aromatic heterocycles. The Morgan fingerprint density at radius 2 is 1.74 bits per heavy atom. The van der Waals surface area contributed by atoms with Crippen molar-refractivity contribution in [3.63, 3.8) is 0 Å². The Morgan fingerprint density at radius 1 is 1.00 bits per heavy atom. The fourth-order valence-electron chi connectivity index (χ4n) is 3.34. The van der Waals surface area contributed by atoms with Gasteiger partial charge in [-0.05, 0) is 61.5 Å². The lowest BCUT2D eigenvalue weighted by atomic mass is 10.1. The van der Waals surface area contributed by atoms with Crippen LogP contribution >= 0.6 is 0 Å². The largest absolute Gasteiger partial charge is 0.497 e. The highest BCUT2D eigenvalue weighted by molar-refractivity contribution is 6.10. The van der Waals surface area contributed by atoms with Crippen molar-refractivity contribution in [3.8, 4) is 23.0 Å².